The van der Waals surface area contributed by atoms with Crippen molar-refractivity contribution < 1.29 is 19.3 Å². The first-order valence-electron chi connectivity index (χ1n) is 5.09. The van der Waals surface area contributed by atoms with Gasteiger partial charge in [0.05, 0.1) is 29.5 Å². The Kier molecular flexibility index (Phi) is 6.07. The van der Waals surface area contributed by atoms with Crippen molar-refractivity contribution in [1.29, 1.82) is 0 Å². The minimum Gasteiger partial charge on any atom is -0.383 e. The van der Waals surface area contributed by atoms with Gasteiger partial charge < -0.3 is 19.3 Å². The molecule has 1 N–H and O–H groups in total. The maximum atomic E-state index is 10.1. The Morgan fingerprint density at radius 2 is 2.06 bits per heavy atom. The second kappa shape index (κ2) is 7.07. The van der Waals surface area contributed by atoms with Crippen LogP contribution in [0.15, 0.2) is 10.7 Å². The monoisotopic (exact) mass is 308 g/mol. The van der Waals surface area contributed by atoms with E-state index in [0.717, 1.165) is 0 Å². The molecule has 6 nitrogen and oxygen atoms in total. The van der Waals surface area contributed by atoms with Crippen molar-refractivity contribution >= 4 is 15.9 Å². The maximum absolute atomic E-state index is 10.1. The Hall–Kier alpha value is -0.470. The zero-order valence-electron chi connectivity index (χ0n) is 10.1. The van der Waals surface area contributed by atoms with E-state index in [0.29, 0.717) is 23.3 Å². The summed E-state index contributed by atoms with van der Waals surface area (Å²) in [6, 6.07) is 0. The second-order valence-electron chi connectivity index (χ2n) is 3.38. The fraction of sp³-hybridized carbons (Fsp3) is 0.700. The average Bonchev–Trinajstić information content (AvgIpc) is 2.69. The Labute approximate surface area is 109 Å². The fourth-order valence-electron chi connectivity index (χ4n) is 1.50. The first-order chi connectivity index (χ1) is 8.15. The zero-order chi connectivity index (χ0) is 12.8. The Morgan fingerprint density at radius 3 is 2.59 bits per heavy atom. The van der Waals surface area contributed by atoms with Gasteiger partial charge in [-0.3, -0.25) is 4.68 Å². The van der Waals surface area contributed by atoms with Crippen molar-refractivity contribution in [2.24, 2.45) is 0 Å². The van der Waals surface area contributed by atoms with E-state index in [1.807, 2.05) is 0 Å². The van der Waals surface area contributed by atoms with E-state index < -0.39 is 12.4 Å². The molecule has 1 atom stereocenters. The van der Waals surface area contributed by atoms with Crippen LogP contribution in [0.25, 0.3) is 0 Å². The molecule has 0 aliphatic carbocycles. The highest BCUT2D eigenvalue weighted by Gasteiger charge is 2.26. The lowest BCUT2D eigenvalue weighted by atomic mass is 10.2. The lowest BCUT2D eigenvalue weighted by Crippen LogP contribution is -2.26. The van der Waals surface area contributed by atoms with Crippen molar-refractivity contribution in [1.82, 2.24) is 9.78 Å². The third kappa shape index (κ3) is 3.49. The van der Waals surface area contributed by atoms with Gasteiger partial charge in [0.15, 0.2) is 6.29 Å². The number of aliphatic hydroxyl groups is 1. The van der Waals surface area contributed by atoms with Crippen LogP contribution in [0.1, 0.15) is 11.8 Å². The summed E-state index contributed by atoms with van der Waals surface area (Å²) in [7, 11) is 4.56. The molecule has 1 aromatic heterocycles. The first kappa shape index (κ1) is 14.6. The van der Waals surface area contributed by atoms with Crippen molar-refractivity contribution in [3.63, 3.8) is 0 Å². The van der Waals surface area contributed by atoms with E-state index in [9.17, 15) is 5.11 Å². The molecule has 0 radical (unpaired) electrons. The average molecular weight is 309 g/mol. The summed E-state index contributed by atoms with van der Waals surface area (Å²) in [4.78, 5) is 0. The molecule has 7 heteroatoms. The van der Waals surface area contributed by atoms with Crippen LogP contribution in [0.5, 0.6) is 0 Å². The van der Waals surface area contributed by atoms with Crippen LogP contribution in [0.4, 0.5) is 0 Å². The van der Waals surface area contributed by atoms with Crippen molar-refractivity contribution in [3.8, 4) is 0 Å². The summed E-state index contributed by atoms with van der Waals surface area (Å²) in [5, 5.41) is 14.3. The van der Waals surface area contributed by atoms with E-state index in [2.05, 4.69) is 21.0 Å². The van der Waals surface area contributed by atoms with Gasteiger partial charge in [0.1, 0.15) is 6.10 Å². The van der Waals surface area contributed by atoms with Gasteiger partial charge in [0.2, 0.25) is 0 Å². The van der Waals surface area contributed by atoms with Crippen LogP contribution in [0.2, 0.25) is 0 Å². The number of methoxy groups -OCH3 is 3. The van der Waals surface area contributed by atoms with Crippen LogP contribution in [-0.4, -0.2) is 49.1 Å². The molecular formula is C10H17BrN2O4. The second-order valence-corrected chi connectivity index (χ2v) is 4.23. The zero-order valence-corrected chi connectivity index (χ0v) is 11.7. The van der Waals surface area contributed by atoms with Gasteiger partial charge >= 0.3 is 0 Å². The van der Waals surface area contributed by atoms with Crippen molar-refractivity contribution in [3.05, 3.63) is 16.4 Å². The predicted octanol–water partition coefficient (Wildman–Crippen LogP) is 0.944. The normalized spacial score (nSPS) is 13.3. The molecular weight excluding hydrogens is 292 g/mol. The summed E-state index contributed by atoms with van der Waals surface area (Å²) in [6.07, 6.45) is -0.0284. The van der Waals surface area contributed by atoms with Gasteiger partial charge in [-0.1, -0.05) is 0 Å². The predicted molar refractivity (Wildman–Crippen MR) is 64.6 cm³/mol. The summed E-state index contributed by atoms with van der Waals surface area (Å²) < 4.78 is 17.4. The molecule has 0 spiro atoms. The van der Waals surface area contributed by atoms with Gasteiger partial charge in [-0.15, -0.1) is 0 Å². The van der Waals surface area contributed by atoms with Gasteiger partial charge in [-0.2, -0.15) is 5.10 Å². The summed E-state index contributed by atoms with van der Waals surface area (Å²) in [5.74, 6) is 0. The number of rotatable bonds is 7. The van der Waals surface area contributed by atoms with E-state index in [-0.39, 0.29) is 0 Å². The topological polar surface area (TPSA) is 65.7 Å². The number of aliphatic hydroxyl groups excluding tert-OH is 1. The summed E-state index contributed by atoms with van der Waals surface area (Å²) in [6.45, 7) is 1.06. The van der Waals surface area contributed by atoms with Crippen LogP contribution < -0.4 is 0 Å². The minimum absolute atomic E-state index is 0.512. The minimum atomic E-state index is -0.918. The Balaban J connectivity index is 2.90. The molecule has 1 rings (SSSR count). The summed E-state index contributed by atoms with van der Waals surface area (Å²) in [5.41, 5.74) is 0.607. The molecule has 0 aliphatic rings. The van der Waals surface area contributed by atoms with E-state index in [1.54, 1.807) is 18.0 Å². The standard InChI is InChI=1S/C10H17BrN2O4/c1-15-5-4-13-8(7(11)6-12-13)9(14)10(16-2)17-3/h6,9-10,14H,4-5H2,1-3H3. The molecule has 0 aliphatic heterocycles. The van der Waals surface area contributed by atoms with Crippen molar-refractivity contribution in [2.75, 3.05) is 27.9 Å². The molecule has 1 heterocycles. The van der Waals surface area contributed by atoms with E-state index in [4.69, 9.17) is 14.2 Å². The highest BCUT2D eigenvalue weighted by atomic mass is 79.9. The number of nitrogens with zero attached hydrogens (tertiary/aromatic N) is 2. The summed E-state index contributed by atoms with van der Waals surface area (Å²) >= 11 is 3.34. The van der Waals surface area contributed by atoms with Crippen LogP contribution in [0.3, 0.4) is 0 Å². The van der Waals surface area contributed by atoms with Gasteiger partial charge in [-0.25, -0.2) is 0 Å². The fourth-order valence-corrected chi connectivity index (χ4v) is 2.04. The maximum Gasteiger partial charge on any atom is 0.188 e. The number of hydrogen-bond acceptors (Lipinski definition) is 5. The third-order valence-electron chi connectivity index (χ3n) is 2.34. The van der Waals surface area contributed by atoms with Gasteiger partial charge in [-0.05, 0) is 15.9 Å². The smallest absolute Gasteiger partial charge is 0.188 e. The van der Waals surface area contributed by atoms with E-state index in [1.165, 1.54) is 14.2 Å². The first-order valence-corrected chi connectivity index (χ1v) is 5.88. The van der Waals surface area contributed by atoms with Crippen LogP contribution in [0, 0.1) is 0 Å². The largest absolute Gasteiger partial charge is 0.383 e. The third-order valence-corrected chi connectivity index (χ3v) is 2.95. The Bertz CT molecular complexity index is 341. The SMILES string of the molecule is COCCn1ncc(Br)c1C(O)C(OC)OC. The van der Waals surface area contributed by atoms with Gasteiger partial charge in [0.25, 0.3) is 0 Å². The highest BCUT2D eigenvalue weighted by Crippen LogP contribution is 2.27. The molecule has 0 fully saturated rings. The lowest BCUT2D eigenvalue weighted by Gasteiger charge is -2.21. The quantitative estimate of drug-likeness (QED) is 0.760. The van der Waals surface area contributed by atoms with E-state index >= 15 is 0 Å². The van der Waals surface area contributed by atoms with Gasteiger partial charge in [0, 0.05) is 21.3 Å². The number of aromatic nitrogens is 2. The molecule has 0 saturated carbocycles. The van der Waals surface area contributed by atoms with Crippen LogP contribution >= 0.6 is 15.9 Å². The molecule has 1 aromatic rings. The number of hydrogen-bond donors (Lipinski definition) is 1. The molecule has 0 aromatic carbocycles. The number of ether oxygens (including phenoxy) is 3. The molecule has 0 amide bonds. The molecule has 98 valence electrons. The highest BCUT2D eigenvalue weighted by molar-refractivity contribution is 9.10. The molecule has 0 bridgehead atoms. The Morgan fingerprint density at radius 1 is 1.41 bits per heavy atom. The molecule has 0 saturated heterocycles. The van der Waals surface area contributed by atoms with Crippen LogP contribution in [-0.2, 0) is 20.8 Å². The molecule has 1 unspecified atom stereocenters. The number of halogens is 1. The molecule has 17 heavy (non-hydrogen) atoms. The lowest BCUT2D eigenvalue weighted by molar-refractivity contribution is -0.168. The van der Waals surface area contributed by atoms with Crippen molar-refractivity contribution in [2.45, 2.75) is 18.9 Å².